The predicted molar refractivity (Wildman–Crippen MR) is 87.6 cm³/mol. The molecule has 0 atom stereocenters. The van der Waals surface area contributed by atoms with Crippen molar-refractivity contribution in [1.82, 2.24) is 14.7 Å². The molecule has 0 spiro atoms. The van der Waals surface area contributed by atoms with Gasteiger partial charge in [0.15, 0.2) is 0 Å². The Bertz CT molecular complexity index is 689. The Hall–Kier alpha value is -2.50. The largest absolute Gasteiger partial charge is 0.383 e. The van der Waals surface area contributed by atoms with E-state index in [4.69, 9.17) is 5.73 Å². The van der Waals surface area contributed by atoms with Gasteiger partial charge in [0, 0.05) is 37.4 Å². The van der Waals surface area contributed by atoms with E-state index in [1.807, 2.05) is 55.0 Å². The van der Waals surface area contributed by atoms with Crippen LogP contribution in [0.5, 0.6) is 0 Å². The third-order valence-electron chi connectivity index (χ3n) is 4.14. The number of amides is 2. The molecule has 0 saturated carbocycles. The van der Waals surface area contributed by atoms with Crippen LogP contribution >= 0.6 is 0 Å². The first-order chi connectivity index (χ1) is 10.5. The van der Waals surface area contributed by atoms with Gasteiger partial charge in [-0.3, -0.25) is 9.58 Å². The maximum Gasteiger partial charge on any atom is 0.324 e. The van der Waals surface area contributed by atoms with Crippen molar-refractivity contribution < 1.29 is 4.79 Å². The Balaban J connectivity index is 1.83. The molecule has 2 N–H and O–H groups in total. The number of nitrogens with two attached hydrogens (primary N) is 1. The highest BCUT2D eigenvalue weighted by molar-refractivity contribution is 5.94. The third-order valence-corrected chi connectivity index (χ3v) is 4.14. The van der Waals surface area contributed by atoms with E-state index < -0.39 is 0 Å². The molecule has 6 heteroatoms. The number of rotatable bonds is 3. The Morgan fingerprint density at radius 1 is 1.18 bits per heavy atom. The molecule has 3 rings (SSSR count). The summed E-state index contributed by atoms with van der Waals surface area (Å²) < 4.78 is 1.65. The molecular weight excluding hydrogens is 278 g/mol. The number of hydrogen-bond donors (Lipinski definition) is 1. The molecule has 6 nitrogen and oxygen atoms in total. The lowest BCUT2D eigenvalue weighted by atomic mass is 10.1. The minimum Gasteiger partial charge on any atom is -0.383 e. The van der Waals surface area contributed by atoms with Gasteiger partial charge >= 0.3 is 6.03 Å². The molecule has 1 fully saturated rings. The molecule has 1 aromatic heterocycles. The molecule has 1 aliphatic rings. The summed E-state index contributed by atoms with van der Waals surface area (Å²) in [7, 11) is 1.82. The van der Waals surface area contributed by atoms with Crippen LogP contribution in [0.15, 0.2) is 30.5 Å². The Kier molecular flexibility index (Phi) is 3.52. The third kappa shape index (κ3) is 2.30. The van der Waals surface area contributed by atoms with Gasteiger partial charge in [0.1, 0.15) is 5.82 Å². The van der Waals surface area contributed by atoms with E-state index in [2.05, 4.69) is 5.10 Å². The second-order valence-corrected chi connectivity index (χ2v) is 5.84. The summed E-state index contributed by atoms with van der Waals surface area (Å²) in [6, 6.07) is 8.19. The van der Waals surface area contributed by atoms with E-state index >= 15 is 0 Å². The zero-order valence-electron chi connectivity index (χ0n) is 13.2. The van der Waals surface area contributed by atoms with Crippen LogP contribution in [0.1, 0.15) is 13.8 Å². The molecule has 22 heavy (non-hydrogen) atoms. The highest BCUT2D eigenvalue weighted by Crippen LogP contribution is 2.28. The van der Waals surface area contributed by atoms with Crippen LogP contribution in [0.2, 0.25) is 0 Å². The van der Waals surface area contributed by atoms with Crippen molar-refractivity contribution in [2.45, 2.75) is 19.9 Å². The minimum absolute atomic E-state index is 0.0728. The van der Waals surface area contributed by atoms with Gasteiger partial charge in [-0.2, -0.15) is 5.10 Å². The van der Waals surface area contributed by atoms with Gasteiger partial charge in [0.25, 0.3) is 0 Å². The molecule has 0 radical (unpaired) electrons. The Morgan fingerprint density at radius 2 is 1.86 bits per heavy atom. The number of aryl methyl sites for hydroxylation is 1. The Morgan fingerprint density at radius 3 is 2.36 bits per heavy atom. The van der Waals surface area contributed by atoms with Gasteiger partial charge < -0.3 is 10.6 Å². The monoisotopic (exact) mass is 299 g/mol. The van der Waals surface area contributed by atoms with Crippen molar-refractivity contribution in [1.29, 1.82) is 0 Å². The molecule has 116 valence electrons. The van der Waals surface area contributed by atoms with Crippen LogP contribution in [0.3, 0.4) is 0 Å². The average molecular weight is 299 g/mol. The summed E-state index contributed by atoms with van der Waals surface area (Å²) in [4.78, 5) is 16.1. The molecule has 0 unspecified atom stereocenters. The topological polar surface area (TPSA) is 67.4 Å². The van der Waals surface area contributed by atoms with E-state index in [9.17, 15) is 4.79 Å². The van der Waals surface area contributed by atoms with E-state index in [0.717, 1.165) is 29.9 Å². The Labute approximate surface area is 130 Å². The summed E-state index contributed by atoms with van der Waals surface area (Å²) in [5, 5.41) is 4.15. The fourth-order valence-corrected chi connectivity index (χ4v) is 2.76. The van der Waals surface area contributed by atoms with E-state index in [1.54, 1.807) is 10.9 Å². The van der Waals surface area contributed by atoms with E-state index in [-0.39, 0.29) is 12.1 Å². The van der Waals surface area contributed by atoms with Crippen molar-refractivity contribution in [3.63, 3.8) is 0 Å². The van der Waals surface area contributed by atoms with Gasteiger partial charge in [0.05, 0.1) is 6.20 Å². The zero-order chi connectivity index (χ0) is 15.9. The van der Waals surface area contributed by atoms with Crippen molar-refractivity contribution in [3.8, 4) is 11.1 Å². The number of nitrogens with zero attached hydrogens (tertiary/aromatic N) is 4. The molecule has 2 amide bonds. The molecule has 0 aliphatic carbocycles. The number of carbonyl (C=O) groups excluding carboxylic acids is 1. The first-order valence-electron chi connectivity index (χ1n) is 7.45. The number of carbonyl (C=O) groups is 1. The molecule has 1 aromatic carbocycles. The van der Waals surface area contributed by atoms with Crippen molar-refractivity contribution >= 4 is 17.5 Å². The summed E-state index contributed by atoms with van der Waals surface area (Å²) in [5.41, 5.74) is 8.82. The fraction of sp³-hybridized carbons (Fsp3) is 0.375. The molecule has 0 bridgehead atoms. The second kappa shape index (κ2) is 5.36. The van der Waals surface area contributed by atoms with Crippen LogP contribution < -0.4 is 10.6 Å². The number of benzene rings is 1. The van der Waals surface area contributed by atoms with Crippen LogP contribution in [0.25, 0.3) is 11.1 Å². The summed E-state index contributed by atoms with van der Waals surface area (Å²) >= 11 is 0. The van der Waals surface area contributed by atoms with Crippen LogP contribution in [-0.4, -0.2) is 39.8 Å². The maximum absolute atomic E-state index is 12.4. The van der Waals surface area contributed by atoms with Gasteiger partial charge in [-0.25, -0.2) is 4.79 Å². The zero-order valence-corrected chi connectivity index (χ0v) is 13.2. The normalized spacial score (nSPS) is 15.2. The van der Waals surface area contributed by atoms with Crippen molar-refractivity contribution in [3.05, 3.63) is 30.5 Å². The number of urea groups is 1. The van der Waals surface area contributed by atoms with Gasteiger partial charge in [-0.15, -0.1) is 0 Å². The smallest absolute Gasteiger partial charge is 0.324 e. The lowest BCUT2D eigenvalue weighted by molar-refractivity contribution is 0.209. The number of hydrogen-bond acceptors (Lipinski definition) is 3. The van der Waals surface area contributed by atoms with Crippen LogP contribution in [0, 0.1) is 0 Å². The summed E-state index contributed by atoms with van der Waals surface area (Å²) in [5.74, 6) is 0.635. The molecule has 1 saturated heterocycles. The predicted octanol–water partition coefficient (Wildman–Crippen LogP) is 2.32. The maximum atomic E-state index is 12.4. The number of aromatic nitrogens is 2. The standard InChI is InChI=1S/C16H21N5O/c1-11(2)20-8-9-21(16(20)22)13-6-4-12(5-7-13)14-10-18-19(3)15(14)17/h4-7,10-11H,8-9,17H2,1-3H3. The van der Waals surface area contributed by atoms with Gasteiger partial charge in [-0.05, 0) is 31.5 Å². The first kappa shape index (κ1) is 14.4. The van der Waals surface area contributed by atoms with Gasteiger partial charge in [-0.1, -0.05) is 12.1 Å². The minimum atomic E-state index is 0.0728. The van der Waals surface area contributed by atoms with Gasteiger partial charge in [0.2, 0.25) is 0 Å². The molecule has 2 aromatic rings. The summed E-state index contributed by atoms with van der Waals surface area (Å²) in [6.07, 6.45) is 1.76. The molecule has 1 aliphatic heterocycles. The fourth-order valence-electron chi connectivity index (χ4n) is 2.76. The number of anilines is 2. The number of nitrogen functional groups attached to an aromatic ring is 1. The van der Waals surface area contributed by atoms with Crippen molar-refractivity contribution in [2.75, 3.05) is 23.7 Å². The first-order valence-corrected chi connectivity index (χ1v) is 7.45. The lowest BCUT2D eigenvalue weighted by Gasteiger charge is -2.21. The molecular formula is C16H21N5O. The highest BCUT2D eigenvalue weighted by Gasteiger charge is 2.30. The SMILES string of the molecule is CC(C)N1CCN(c2ccc(-c3cnn(C)c3N)cc2)C1=O. The quantitative estimate of drug-likeness (QED) is 0.945. The lowest BCUT2D eigenvalue weighted by Crippen LogP contribution is -2.36. The van der Waals surface area contributed by atoms with E-state index in [0.29, 0.717) is 5.82 Å². The van der Waals surface area contributed by atoms with Crippen LogP contribution in [0.4, 0.5) is 16.3 Å². The summed E-state index contributed by atoms with van der Waals surface area (Å²) in [6.45, 7) is 5.57. The highest BCUT2D eigenvalue weighted by atomic mass is 16.2. The average Bonchev–Trinajstić information content (AvgIpc) is 3.04. The van der Waals surface area contributed by atoms with Crippen LogP contribution in [-0.2, 0) is 7.05 Å². The second-order valence-electron chi connectivity index (χ2n) is 5.84. The molecule has 2 heterocycles. The van der Waals surface area contributed by atoms with Crippen molar-refractivity contribution in [2.24, 2.45) is 7.05 Å². The van der Waals surface area contributed by atoms with E-state index in [1.165, 1.54) is 0 Å².